The predicted molar refractivity (Wildman–Crippen MR) is 88.6 cm³/mol. The van der Waals surface area contributed by atoms with Crippen LogP contribution >= 0.6 is 0 Å². The summed E-state index contributed by atoms with van der Waals surface area (Å²) in [5, 5.41) is 11.5. The first-order valence-electron chi connectivity index (χ1n) is 7.29. The van der Waals surface area contributed by atoms with Crippen molar-refractivity contribution in [1.29, 1.82) is 0 Å². The second-order valence-corrected chi connectivity index (χ2v) is 4.93. The van der Waals surface area contributed by atoms with Gasteiger partial charge in [0, 0.05) is 5.56 Å². The van der Waals surface area contributed by atoms with Crippen molar-refractivity contribution in [2.24, 2.45) is 5.16 Å². The molecule has 3 rings (SSSR count). The molecule has 24 heavy (non-hydrogen) atoms. The standard InChI is InChI=1S/C18H16N2O4/c1-22-18-16(20-17(24-18)14-5-3-2-4-6-14)12-23-15-9-7-13(8-10-15)11-19-21/h2-11,21H,12H2,1H3/b19-11+. The summed E-state index contributed by atoms with van der Waals surface area (Å²) in [5.74, 6) is 1.48. The van der Waals surface area contributed by atoms with Gasteiger partial charge in [-0.2, -0.15) is 0 Å². The van der Waals surface area contributed by atoms with Gasteiger partial charge in [-0.1, -0.05) is 23.4 Å². The molecule has 0 bridgehead atoms. The van der Waals surface area contributed by atoms with Crippen LogP contribution in [-0.2, 0) is 6.61 Å². The zero-order valence-electron chi connectivity index (χ0n) is 13.0. The summed E-state index contributed by atoms with van der Waals surface area (Å²) in [7, 11) is 1.53. The smallest absolute Gasteiger partial charge is 0.312 e. The van der Waals surface area contributed by atoms with Crippen LogP contribution in [0.3, 0.4) is 0 Å². The summed E-state index contributed by atoms with van der Waals surface area (Å²) in [6, 6.07) is 16.7. The molecule has 0 unspecified atom stereocenters. The first-order valence-corrected chi connectivity index (χ1v) is 7.29. The van der Waals surface area contributed by atoms with Gasteiger partial charge in [-0.3, -0.25) is 0 Å². The topological polar surface area (TPSA) is 77.1 Å². The molecule has 0 saturated carbocycles. The van der Waals surface area contributed by atoms with E-state index in [1.54, 1.807) is 24.3 Å². The summed E-state index contributed by atoms with van der Waals surface area (Å²) >= 11 is 0. The lowest BCUT2D eigenvalue weighted by molar-refractivity contribution is 0.270. The van der Waals surface area contributed by atoms with Crippen molar-refractivity contribution in [2.45, 2.75) is 6.61 Å². The third-order valence-corrected chi connectivity index (χ3v) is 3.33. The predicted octanol–water partition coefficient (Wildman–Crippen LogP) is 3.74. The number of nitrogens with zero attached hydrogens (tertiary/aromatic N) is 2. The van der Waals surface area contributed by atoms with Crippen LogP contribution in [0.1, 0.15) is 11.3 Å². The van der Waals surface area contributed by atoms with Gasteiger partial charge in [0.1, 0.15) is 12.4 Å². The van der Waals surface area contributed by atoms with Gasteiger partial charge >= 0.3 is 5.95 Å². The highest BCUT2D eigenvalue weighted by molar-refractivity contribution is 5.79. The molecule has 1 N–H and O–H groups in total. The molecule has 1 aromatic heterocycles. The van der Waals surface area contributed by atoms with Crippen molar-refractivity contribution < 1.29 is 19.1 Å². The number of hydrogen-bond acceptors (Lipinski definition) is 6. The summed E-state index contributed by atoms with van der Waals surface area (Å²) in [6.07, 6.45) is 1.34. The lowest BCUT2D eigenvalue weighted by Crippen LogP contribution is -1.98. The van der Waals surface area contributed by atoms with Gasteiger partial charge in [0.2, 0.25) is 5.89 Å². The Balaban J connectivity index is 1.74. The van der Waals surface area contributed by atoms with Crippen LogP contribution in [-0.4, -0.2) is 23.5 Å². The van der Waals surface area contributed by atoms with E-state index in [0.717, 1.165) is 11.1 Å². The maximum Gasteiger partial charge on any atom is 0.312 e. The molecule has 0 radical (unpaired) electrons. The van der Waals surface area contributed by atoms with Crippen molar-refractivity contribution in [3.05, 3.63) is 65.9 Å². The second kappa shape index (κ2) is 7.32. The number of rotatable bonds is 6. The molecular formula is C18H16N2O4. The molecule has 0 aliphatic heterocycles. The molecule has 0 amide bonds. The van der Waals surface area contributed by atoms with Gasteiger partial charge < -0.3 is 19.1 Å². The van der Waals surface area contributed by atoms with E-state index >= 15 is 0 Å². The Morgan fingerprint density at radius 1 is 1.12 bits per heavy atom. The zero-order chi connectivity index (χ0) is 16.8. The molecule has 0 atom stereocenters. The van der Waals surface area contributed by atoms with Crippen LogP contribution in [0.5, 0.6) is 11.7 Å². The summed E-state index contributed by atoms with van der Waals surface area (Å²) in [4.78, 5) is 4.44. The van der Waals surface area contributed by atoms with E-state index in [2.05, 4.69) is 10.1 Å². The number of oxazole rings is 1. The van der Waals surface area contributed by atoms with Crippen molar-refractivity contribution >= 4 is 6.21 Å². The first kappa shape index (κ1) is 15.6. The van der Waals surface area contributed by atoms with E-state index in [-0.39, 0.29) is 6.61 Å². The summed E-state index contributed by atoms with van der Waals surface area (Å²) in [6.45, 7) is 0.215. The number of benzene rings is 2. The van der Waals surface area contributed by atoms with Crippen molar-refractivity contribution in [2.75, 3.05) is 7.11 Å². The Morgan fingerprint density at radius 3 is 2.54 bits per heavy atom. The lowest BCUT2D eigenvalue weighted by Gasteiger charge is -2.04. The zero-order valence-corrected chi connectivity index (χ0v) is 13.0. The fourth-order valence-electron chi connectivity index (χ4n) is 2.16. The first-order chi connectivity index (χ1) is 11.8. The molecule has 0 aliphatic rings. The summed E-state index contributed by atoms with van der Waals surface area (Å²) < 4.78 is 16.6. The van der Waals surface area contributed by atoms with Gasteiger partial charge in [-0.25, -0.2) is 4.98 Å². The number of methoxy groups -OCH3 is 1. The van der Waals surface area contributed by atoms with Crippen LogP contribution in [0, 0.1) is 0 Å². The van der Waals surface area contributed by atoms with E-state index in [9.17, 15) is 0 Å². The van der Waals surface area contributed by atoms with Crippen molar-refractivity contribution in [3.8, 4) is 23.1 Å². The highest BCUT2D eigenvalue weighted by Gasteiger charge is 2.15. The average Bonchev–Trinajstić information content (AvgIpc) is 3.05. The van der Waals surface area contributed by atoms with E-state index in [0.29, 0.717) is 23.3 Å². The summed E-state index contributed by atoms with van der Waals surface area (Å²) in [5.41, 5.74) is 2.22. The maximum absolute atomic E-state index is 8.50. The minimum absolute atomic E-state index is 0.215. The lowest BCUT2D eigenvalue weighted by atomic mass is 10.2. The van der Waals surface area contributed by atoms with E-state index in [4.69, 9.17) is 19.1 Å². The SMILES string of the molecule is COc1oc(-c2ccccc2)nc1COc1ccc(/C=N/O)cc1. The monoisotopic (exact) mass is 324 g/mol. The van der Waals surface area contributed by atoms with Gasteiger partial charge in [-0.15, -0.1) is 0 Å². The fourth-order valence-corrected chi connectivity index (χ4v) is 2.16. The van der Waals surface area contributed by atoms with Crippen LogP contribution < -0.4 is 9.47 Å². The van der Waals surface area contributed by atoms with Crippen LogP contribution in [0.2, 0.25) is 0 Å². The molecule has 0 saturated heterocycles. The largest absolute Gasteiger partial charge is 0.487 e. The van der Waals surface area contributed by atoms with Gasteiger partial charge in [0.25, 0.3) is 0 Å². The third-order valence-electron chi connectivity index (χ3n) is 3.33. The highest BCUT2D eigenvalue weighted by Crippen LogP contribution is 2.28. The second-order valence-electron chi connectivity index (χ2n) is 4.93. The van der Waals surface area contributed by atoms with Crippen LogP contribution in [0.25, 0.3) is 11.5 Å². The molecule has 6 heteroatoms. The molecule has 1 heterocycles. The molecule has 6 nitrogen and oxygen atoms in total. The number of oxime groups is 1. The maximum atomic E-state index is 8.50. The quantitative estimate of drug-likeness (QED) is 0.424. The molecule has 0 aliphatic carbocycles. The Morgan fingerprint density at radius 2 is 1.88 bits per heavy atom. The van der Waals surface area contributed by atoms with Crippen molar-refractivity contribution in [3.63, 3.8) is 0 Å². The van der Waals surface area contributed by atoms with Gasteiger partial charge in [-0.05, 0) is 42.0 Å². The van der Waals surface area contributed by atoms with Crippen molar-refractivity contribution in [1.82, 2.24) is 4.98 Å². The Hall–Kier alpha value is -3.28. The molecule has 3 aromatic rings. The Kier molecular flexibility index (Phi) is 4.76. The molecule has 2 aromatic carbocycles. The highest BCUT2D eigenvalue weighted by atomic mass is 16.6. The Labute approximate surface area is 139 Å². The number of ether oxygens (including phenoxy) is 2. The van der Waals surface area contributed by atoms with Gasteiger partial charge in [0.05, 0.1) is 13.3 Å². The fraction of sp³-hybridized carbons (Fsp3) is 0.111. The molecular weight excluding hydrogens is 308 g/mol. The van der Waals surface area contributed by atoms with Crippen LogP contribution in [0.15, 0.2) is 64.2 Å². The Bertz CT molecular complexity index is 811. The average molecular weight is 324 g/mol. The van der Waals surface area contributed by atoms with E-state index in [1.807, 2.05) is 30.3 Å². The minimum atomic E-state index is 0.215. The van der Waals surface area contributed by atoms with Crippen LogP contribution in [0.4, 0.5) is 0 Å². The molecule has 0 fully saturated rings. The number of aromatic nitrogens is 1. The van der Waals surface area contributed by atoms with E-state index < -0.39 is 0 Å². The van der Waals surface area contributed by atoms with E-state index in [1.165, 1.54) is 13.3 Å². The normalized spacial score (nSPS) is 10.9. The van der Waals surface area contributed by atoms with Gasteiger partial charge in [0.15, 0.2) is 5.69 Å². The minimum Gasteiger partial charge on any atom is -0.487 e. The molecule has 122 valence electrons. The third kappa shape index (κ3) is 3.55. The molecule has 0 spiro atoms. The number of hydrogen-bond donors (Lipinski definition) is 1.